The number of carboxylic acid groups (broad SMARTS) is 1. The topological polar surface area (TPSA) is 164 Å². The fourth-order valence-electron chi connectivity index (χ4n) is 7.19. The number of benzene rings is 5. The summed E-state index contributed by atoms with van der Waals surface area (Å²) < 4.78 is 42.8. The van der Waals surface area contributed by atoms with E-state index in [0.29, 0.717) is 10.8 Å². The van der Waals surface area contributed by atoms with E-state index in [2.05, 4.69) is 15.0 Å². The van der Waals surface area contributed by atoms with Gasteiger partial charge in [-0.15, -0.1) is 11.8 Å². The van der Waals surface area contributed by atoms with Crippen LogP contribution in [0.15, 0.2) is 156 Å². The van der Waals surface area contributed by atoms with Crippen LogP contribution in [0.4, 0.5) is 0 Å². The Morgan fingerprint density at radius 2 is 1.49 bits per heavy atom. The Morgan fingerprint density at radius 1 is 0.787 bits per heavy atom. The van der Waals surface area contributed by atoms with Crippen molar-refractivity contribution in [2.24, 2.45) is 5.92 Å². The minimum atomic E-state index is -4.00. The van der Waals surface area contributed by atoms with Crippen molar-refractivity contribution in [3.63, 3.8) is 0 Å². The molecule has 7 rings (SSSR count). The lowest BCUT2D eigenvalue weighted by atomic mass is 9.91. The predicted octanol–water partition coefficient (Wildman–Crippen LogP) is 8.04. The highest BCUT2D eigenvalue weighted by Crippen LogP contribution is 2.43. The smallest absolute Gasteiger partial charge is 0.338 e. The number of aliphatic hydroxyl groups excluding tert-OH is 1. The summed E-state index contributed by atoms with van der Waals surface area (Å²) in [6.07, 6.45) is 0.251. The number of rotatable bonds is 16. The van der Waals surface area contributed by atoms with Crippen LogP contribution in [0, 0.1) is 12.8 Å². The number of aromatic carboxylic acids is 1. The molecule has 6 aromatic rings. The summed E-state index contributed by atoms with van der Waals surface area (Å²) in [6.45, 7) is 4.01. The minimum absolute atomic E-state index is 0.0758. The molecule has 61 heavy (non-hydrogen) atoms. The number of hydrogen-bond donors (Lipinski definition) is 4. The summed E-state index contributed by atoms with van der Waals surface area (Å²) >= 11 is 1.33. The lowest BCUT2D eigenvalue weighted by Crippen LogP contribution is -2.47. The Kier molecular flexibility index (Phi) is 14.1. The molecule has 1 aromatic heterocycles. The lowest BCUT2D eigenvalue weighted by Gasteiger charge is -2.41. The van der Waals surface area contributed by atoms with Gasteiger partial charge in [0.2, 0.25) is 15.9 Å². The van der Waals surface area contributed by atoms with Gasteiger partial charge in [0.25, 0.3) is 0 Å². The molecule has 0 bridgehead atoms. The predicted molar refractivity (Wildman–Crippen MR) is 234 cm³/mol. The Hall–Kier alpha value is -5.67. The first-order valence-electron chi connectivity index (χ1n) is 19.9. The largest absolute Gasteiger partial charge is 0.478 e. The molecule has 1 aliphatic heterocycles. The zero-order valence-electron chi connectivity index (χ0n) is 33.7. The van der Waals surface area contributed by atoms with E-state index in [9.17, 15) is 28.2 Å². The fraction of sp³-hybridized carbons (Fsp3) is 0.229. The second-order valence-corrected chi connectivity index (χ2v) is 17.7. The summed E-state index contributed by atoms with van der Waals surface area (Å²) in [5.41, 5.74) is 6.95. The minimum Gasteiger partial charge on any atom is -0.478 e. The summed E-state index contributed by atoms with van der Waals surface area (Å²) in [4.78, 5) is 30.1. The average Bonchev–Trinajstić information content (AvgIpc) is 3.28. The molecule has 0 radical (unpaired) electrons. The third kappa shape index (κ3) is 11.0. The number of nitrogens with zero attached hydrogens (tertiary/aromatic N) is 1. The highest BCUT2D eigenvalue weighted by atomic mass is 32.2. The number of pyridine rings is 1. The van der Waals surface area contributed by atoms with Crippen LogP contribution < -0.4 is 10.0 Å². The number of aryl methyl sites for hydroxylation is 1. The number of aromatic nitrogens is 1. The molecule has 1 fully saturated rings. The molecule has 5 atom stereocenters. The number of aliphatic hydroxyl groups is 1. The van der Waals surface area contributed by atoms with E-state index in [1.54, 1.807) is 24.4 Å². The van der Waals surface area contributed by atoms with Crippen molar-refractivity contribution in [1.29, 1.82) is 0 Å². The average molecular weight is 858 g/mol. The van der Waals surface area contributed by atoms with E-state index in [1.165, 1.54) is 30.0 Å². The zero-order valence-corrected chi connectivity index (χ0v) is 35.3. The number of sulfonamides is 1. The first-order valence-corrected chi connectivity index (χ1v) is 22.4. The lowest BCUT2D eigenvalue weighted by molar-refractivity contribution is -0.268. The molecule has 314 valence electrons. The first-order chi connectivity index (χ1) is 29.5. The Bertz CT molecular complexity index is 2560. The molecule has 1 saturated heterocycles. The van der Waals surface area contributed by atoms with Gasteiger partial charge in [-0.05, 0) is 83.1 Å². The van der Waals surface area contributed by atoms with Crippen molar-refractivity contribution in [2.45, 2.75) is 67.9 Å². The molecule has 5 unspecified atom stereocenters. The van der Waals surface area contributed by atoms with Gasteiger partial charge in [-0.25, -0.2) is 18.2 Å². The van der Waals surface area contributed by atoms with E-state index in [0.717, 1.165) is 44.5 Å². The Morgan fingerprint density at radius 3 is 2.21 bits per heavy atom. The Balaban J connectivity index is 1.09. The maximum atomic E-state index is 13.7. The second-order valence-electron chi connectivity index (χ2n) is 15.0. The highest BCUT2D eigenvalue weighted by Gasteiger charge is 2.39. The second kappa shape index (κ2) is 19.8. The van der Waals surface area contributed by atoms with Gasteiger partial charge in [0, 0.05) is 30.0 Å². The van der Waals surface area contributed by atoms with Crippen molar-refractivity contribution in [3.8, 4) is 11.1 Å². The normalized spacial score (nSPS) is 18.3. The number of carboxylic acids is 1. The van der Waals surface area contributed by atoms with Gasteiger partial charge in [0.15, 0.2) is 6.29 Å². The van der Waals surface area contributed by atoms with E-state index in [4.69, 9.17) is 9.47 Å². The SMILES string of the molecule is Cc1ccc(S(=O)(=O)NC(Cc2ccccc2)C(=O)NCc2cccc(-c3cccc(C4OC(CSc5ncccc5C(=O)O)C(C)C(c5ccc(CO)cc5)O4)c3)c2)cc1. The number of nitrogens with one attached hydrogen (secondary N) is 2. The molecule has 1 amide bonds. The Labute approximate surface area is 360 Å². The van der Waals surface area contributed by atoms with Crippen LogP contribution in [0.3, 0.4) is 0 Å². The van der Waals surface area contributed by atoms with Crippen LogP contribution in [-0.2, 0) is 43.9 Å². The molecule has 0 spiro atoms. The number of carbonyl (C=O) groups excluding carboxylic acids is 1. The summed E-state index contributed by atoms with van der Waals surface area (Å²) in [5, 5.41) is 22.8. The fourth-order valence-corrected chi connectivity index (χ4v) is 9.53. The number of ether oxygens (including phenoxy) is 2. The van der Waals surface area contributed by atoms with Crippen LogP contribution in [-0.4, -0.2) is 53.4 Å². The molecule has 2 heterocycles. The molecule has 4 N–H and O–H groups in total. The van der Waals surface area contributed by atoms with Crippen LogP contribution in [0.5, 0.6) is 0 Å². The molecule has 5 aromatic carbocycles. The van der Waals surface area contributed by atoms with Gasteiger partial charge in [-0.2, -0.15) is 4.72 Å². The maximum absolute atomic E-state index is 13.7. The van der Waals surface area contributed by atoms with Crippen molar-refractivity contribution in [2.75, 3.05) is 5.75 Å². The van der Waals surface area contributed by atoms with E-state index in [1.807, 2.05) is 117 Å². The quantitative estimate of drug-likeness (QED) is 0.0701. The van der Waals surface area contributed by atoms with Crippen LogP contribution >= 0.6 is 11.8 Å². The van der Waals surface area contributed by atoms with Gasteiger partial charge in [-0.1, -0.05) is 116 Å². The molecule has 0 saturated carbocycles. The van der Waals surface area contributed by atoms with Crippen molar-refractivity contribution < 1.29 is 37.7 Å². The van der Waals surface area contributed by atoms with Crippen LogP contribution in [0.1, 0.15) is 63.1 Å². The highest BCUT2D eigenvalue weighted by molar-refractivity contribution is 7.99. The van der Waals surface area contributed by atoms with Gasteiger partial charge >= 0.3 is 5.97 Å². The first kappa shape index (κ1) is 43.4. The monoisotopic (exact) mass is 857 g/mol. The number of thioether (sulfide) groups is 1. The van der Waals surface area contributed by atoms with Crippen molar-refractivity contribution >= 4 is 33.7 Å². The molecular formula is C48H47N3O8S2. The summed E-state index contributed by atoms with van der Waals surface area (Å²) in [5.74, 6) is -1.20. The van der Waals surface area contributed by atoms with Gasteiger partial charge in [0.05, 0.1) is 29.3 Å². The van der Waals surface area contributed by atoms with Crippen molar-refractivity contribution in [1.82, 2.24) is 15.0 Å². The third-order valence-electron chi connectivity index (χ3n) is 10.6. The van der Waals surface area contributed by atoms with E-state index >= 15 is 0 Å². The molecule has 1 aliphatic rings. The third-order valence-corrected chi connectivity index (χ3v) is 13.2. The van der Waals surface area contributed by atoms with E-state index < -0.39 is 34.2 Å². The van der Waals surface area contributed by atoms with Crippen LogP contribution in [0.2, 0.25) is 0 Å². The molecule has 13 heteroatoms. The van der Waals surface area contributed by atoms with Gasteiger partial charge in [-0.3, -0.25) is 4.79 Å². The van der Waals surface area contributed by atoms with Crippen LogP contribution in [0.25, 0.3) is 11.1 Å². The number of hydrogen-bond acceptors (Lipinski definition) is 9. The number of amides is 1. The van der Waals surface area contributed by atoms with Crippen molar-refractivity contribution in [3.05, 3.63) is 185 Å². The standard InChI is InChI=1S/C48H47N3O8S2/c1-31-16-22-40(23-17-31)61(56,57)51-42(26-33-9-4-3-5-10-33)45(53)50-28-35-11-6-12-37(25-35)38-13-7-14-39(27-38)48-58-43(30-60-46-41(47(54)55)15-8-24-49-46)32(2)44(59-48)36-20-18-34(29-52)19-21-36/h3-25,27,32,42-44,48,51-52H,26,28-30H2,1-2H3,(H,50,53)(H,54,55). The summed E-state index contributed by atoms with van der Waals surface area (Å²) in [7, 11) is -4.00. The molecule has 11 nitrogen and oxygen atoms in total. The zero-order chi connectivity index (χ0) is 42.9. The molecule has 0 aliphatic carbocycles. The van der Waals surface area contributed by atoms with Gasteiger partial charge < -0.3 is 25.0 Å². The maximum Gasteiger partial charge on any atom is 0.338 e. The molecular weight excluding hydrogens is 811 g/mol. The van der Waals surface area contributed by atoms with E-state index in [-0.39, 0.29) is 48.2 Å². The summed E-state index contributed by atoms with van der Waals surface area (Å²) in [6, 6.07) is 41.1. The van der Waals surface area contributed by atoms with Gasteiger partial charge in [0.1, 0.15) is 11.1 Å². The number of carbonyl (C=O) groups is 2.